The Hall–Kier alpha value is -1.30. The Bertz CT molecular complexity index is 382. The maximum atomic E-state index is 8.89. The van der Waals surface area contributed by atoms with Gasteiger partial charge in [0.05, 0.1) is 17.2 Å². The number of hydrogen-bond donors (Lipinski definition) is 0. The van der Waals surface area contributed by atoms with Crippen LogP contribution in [0, 0.1) is 30.6 Å². The van der Waals surface area contributed by atoms with Crippen molar-refractivity contribution in [3.05, 3.63) is 17.5 Å². The first-order valence-electron chi connectivity index (χ1n) is 5.87. The fourth-order valence-corrected chi connectivity index (χ4v) is 1.79. The Morgan fingerprint density at radius 2 is 2.06 bits per heavy atom. The van der Waals surface area contributed by atoms with E-state index in [1.165, 1.54) is 5.69 Å². The highest BCUT2D eigenvalue weighted by Crippen LogP contribution is 2.21. The van der Waals surface area contributed by atoms with E-state index in [4.69, 9.17) is 5.26 Å². The predicted molar refractivity (Wildman–Crippen MR) is 64.9 cm³/mol. The molecule has 0 bridgehead atoms. The maximum Gasteiger partial charge on any atom is 0.0683 e. The van der Waals surface area contributed by atoms with Crippen molar-refractivity contribution in [3.63, 3.8) is 0 Å². The molecule has 0 spiro atoms. The fourth-order valence-electron chi connectivity index (χ4n) is 1.79. The van der Waals surface area contributed by atoms with Crippen LogP contribution < -0.4 is 0 Å². The summed E-state index contributed by atoms with van der Waals surface area (Å²) in [6.45, 7) is 9.05. The van der Waals surface area contributed by atoms with Crippen molar-refractivity contribution < 1.29 is 0 Å². The molecule has 1 rings (SSSR count). The van der Waals surface area contributed by atoms with Gasteiger partial charge in [-0.05, 0) is 46.6 Å². The van der Waals surface area contributed by atoms with Crippen molar-refractivity contribution in [3.8, 4) is 6.07 Å². The molecule has 16 heavy (non-hydrogen) atoms. The quantitative estimate of drug-likeness (QED) is 0.713. The third-order valence-electron chi connectivity index (χ3n) is 2.83. The SMILES string of the molecule is Cc1cc(C)n(CCCCC(C)(C)C#N)n1. The van der Waals surface area contributed by atoms with Gasteiger partial charge < -0.3 is 0 Å². The number of rotatable bonds is 5. The summed E-state index contributed by atoms with van der Waals surface area (Å²) in [6.07, 6.45) is 3.13. The molecule has 0 atom stereocenters. The first-order valence-corrected chi connectivity index (χ1v) is 5.87. The van der Waals surface area contributed by atoms with Gasteiger partial charge in [-0.3, -0.25) is 4.68 Å². The number of unbranched alkanes of at least 4 members (excludes halogenated alkanes) is 1. The minimum Gasteiger partial charge on any atom is -0.270 e. The average molecular weight is 219 g/mol. The Morgan fingerprint density at radius 3 is 2.56 bits per heavy atom. The van der Waals surface area contributed by atoms with Gasteiger partial charge in [0.15, 0.2) is 0 Å². The smallest absolute Gasteiger partial charge is 0.0683 e. The largest absolute Gasteiger partial charge is 0.270 e. The molecule has 88 valence electrons. The number of nitriles is 1. The second kappa shape index (κ2) is 5.16. The summed E-state index contributed by atoms with van der Waals surface area (Å²) in [6, 6.07) is 4.43. The van der Waals surface area contributed by atoms with Gasteiger partial charge >= 0.3 is 0 Å². The van der Waals surface area contributed by atoms with E-state index in [0.717, 1.165) is 31.5 Å². The lowest BCUT2D eigenvalue weighted by molar-refractivity contribution is 0.410. The maximum absolute atomic E-state index is 8.89. The van der Waals surface area contributed by atoms with Crippen molar-refractivity contribution in [1.82, 2.24) is 9.78 Å². The third kappa shape index (κ3) is 3.69. The molecule has 3 nitrogen and oxygen atoms in total. The Morgan fingerprint density at radius 1 is 1.38 bits per heavy atom. The van der Waals surface area contributed by atoms with Gasteiger partial charge in [-0.25, -0.2) is 0 Å². The molecule has 1 aromatic heterocycles. The van der Waals surface area contributed by atoms with Crippen LogP contribution in [-0.4, -0.2) is 9.78 Å². The van der Waals surface area contributed by atoms with Crippen molar-refractivity contribution in [2.24, 2.45) is 5.41 Å². The van der Waals surface area contributed by atoms with E-state index in [-0.39, 0.29) is 5.41 Å². The highest BCUT2D eigenvalue weighted by Gasteiger charge is 2.15. The van der Waals surface area contributed by atoms with E-state index in [2.05, 4.69) is 28.8 Å². The van der Waals surface area contributed by atoms with Crippen LogP contribution in [0.4, 0.5) is 0 Å². The Kier molecular flexibility index (Phi) is 4.12. The fraction of sp³-hybridized carbons (Fsp3) is 0.692. The molecule has 1 heterocycles. The molecule has 0 N–H and O–H groups in total. The van der Waals surface area contributed by atoms with E-state index < -0.39 is 0 Å². The van der Waals surface area contributed by atoms with Crippen molar-refractivity contribution in [1.29, 1.82) is 5.26 Å². The van der Waals surface area contributed by atoms with Gasteiger partial charge in [0, 0.05) is 12.2 Å². The molecule has 0 unspecified atom stereocenters. The van der Waals surface area contributed by atoms with Gasteiger partial charge in [-0.2, -0.15) is 10.4 Å². The highest BCUT2D eigenvalue weighted by molar-refractivity contribution is 5.06. The number of nitrogens with zero attached hydrogens (tertiary/aromatic N) is 3. The number of hydrogen-bond acceptors (Lipinski definition) is 2. The van der Waals surface area contributed by atoms with E-state index in [9.17, 15) is 0 Å². The summed E-state index contributed by atoms with van der Waals surface area (Å²) in [7, 11) is 0. The summed E-state index contributed by atoms with van der Waals surface area (Å²) < 4.78 is 2.05. The van der Waals surface area contributed by atoms with Crippen LogP contribution in [0.25, 0.3) is 0 Å². The summed E-state index contributed by atoms with van der Waals surface area (Å²) in [5.41, 5.74) is 2.11. The second-order valence-electron chi connectivity index (χ2n) is 5.10. The molecular weight excluding hydrogens is 198 g/mol. The summed E-state index contributed by atoms with van der Waals surface area (Å²) in [5.74, 6) is 0. The highest BCUT2D eigenvalue weighted by atomic mass is 15.3. The van der Waals surface area contributed by atoms with E-state index in [1.807, 2.05) is 20.8 Å². The molecule has 0 aliphatic carbocycles. The standard InChI is InChI=1S/C13H21N3/c1-11-9-12(2)16(15-11)8-6-5-7-13(3,4)10-14/h9H,5-8H2,1-4H3. The zero-order valence-electron chi connectivity index (χ0n) is 10.7. The van der Waals surface area contributed by atoms with Gasteiger partial charge in [0.1, 0.15) is 0 Å². The van der Waals surface area contributed by atoms with Crippen molar-refractivity contribution in [2.75, 3.05) is 0 Å². The van der Waals surface area contributed by atoms with Crippen LogP contribution in [-0.2, 0) is 6.54 Å². The lowest BCUT2D eigenvalue weighted by Crippen LogP contribution is -2.09. The van der Waals surface area contributed by atoms with E-state index in [1.54, 1.807) is 0 Å². The minimum absolute atomic E-state index is 0.185. The van der Waals surface area contributed by atoms with Gasteiger partial charge in [-0.15, -0.1) is 0 Å². The molecule has 0 saturated carbocycles. The van der Waals surface area contributed by atoms with E-state index in [0.29, 0.717) is 0 Å². The first-order chi connectivity index (χ1) is 7.44. The predicted octanol–water partition coefficient (Wildman–Crippen LogP) is 3.22. The lowest BCUT2D eigenvalue weighted by atomic mass is 9.89. The molecule has 0 aliphatic heterocycles. The van der Waals surface area contributed by atoms with Crippen LogP contribution in [0.1, 0.15) is 44.5 Å². The minimum atomic E-state index is -0.185. The van der Waals surface area contributed by atoms with Gasteiger partial charge in [0.2, 0.25) is 0 Å². The lowest BCUT2D eigenvalue weighted by Gasteiger charge is -2.14. The van der Waals surface area contributed by atoms with Crippen LogP contribution in [0.5, 0.6) is 0 Å². The van der Waals surface area contributed by atoms with E-state index >= 15 is 0 Å². The average Bonchev–Trinajstić information content (AvgIpc) is 2.52. The van der Waals surface area contributed by atoms with Gasteiger partial charge in [-0.1, -0.05) is 6.42 Å². The molecule has 0 aliphatic rings. The van der Waals surface area contributed by atoms with Crippen LogP contribution in [0.15, 0.2) is 6.07 Å². The van der Waals surface area contributed by atoms with Crippen molar-refractivity contribution in [2.45, 2.75) is 53.5 Å². The zero-order chi connectivity index (χ0) is 12.2. The normalized spacial score (nSPS) is 11.4. The molecule has 0 saturated heterocycles. The molecular formula is C13H21N3. The van der Waals surface area contributed by atoms with Crippen LogP contribution in [0.3, 0.4) is 0 Å². The molecule has 3 heteroatoms. The molecule has 1 aromatic rings. The van der Waals surface area contributed by atoms with Gasteiger partial charge in [0.25, 0.3) is 0 Å². The first kappa shape index (κ1) is 12.8. The number of aryl methyl sites for hydroxylation is 3. The monoisotopic (exact) mass is 219 g/mol. The summed E-state index contributed by atoms with van der Waals surface area (Å²) in [5, 5.41) is 13.3. The van der Waals surface area contributed by atoms with Crippen molar-refractivity contribution >= 4 is 0 Å². The summed E-state index contributed by atoms with van der Waals surface area (Å²) >= 11 is 0. The van der Waals surface area contributed by atoms with Crippen LogP contribution >= 0.6 is 0 Å². The van der Waals surface area contributed by atoms with Crippen LogP contribution in [0.2, 0.25) is 0 Å². The topological polar surface area (TPSA) is 41.6 Å². The summed E-state index contributed by atoms with van der Waals surface area (Å²) in [4.78, 5) is 0. The molecule has 0 fully saturated rings. The Balaban J connectivity index is 2.32. The molecule has 0 aromatic carbocycles. The molecule has 0 amide bonds. The molecule has 0 radical (unpaired) electrons. The third-order valence-corrected chi connectivity index (χ3v) is 2.83. The number of aromatic nitrogens is 2. The second-order valence-corrected chi connectivity index (χ2v) is 5.10. The Labute approximate surface area is 98.1 Å². The zero-order valence-corrected chi connectivity index (χ0v) is 10.7.